The van der Waals surface area contributed by atoms with Gasteiger partial charge in [0.05, 0.1) is 0 Å². The van der Waals surface area contributed by atoms with Gasteiger partial charge in [0.15, 0.2) is 0 Å². The average molecular weight is 375 g/mol. The molecular formula is C21H24BN2O2Si+. The van der Waals surface area contributed by atoms with Crippen molar-refractivity contribution in [3.8, 4) is 0 Å². The number of rotatable bonds is 0. The van der Waals surface area contributed by atoms with Crippen molar-refractivity contribution in [3.05, 3.63) is 45.5 Å². The van der Waals surface area contributed by atoms with Crippen LogP contribution in [0.2, 0.25) is 13.1 Å². The molecule has 27 heavy (non-hydrogen) atoms. The molecule has 136 valence electrons. The van der Waals surface area contributed by atoms with E-state index in [1.165, 1.54) is 43.3 Å². The fourth-order valence-corrected chi connectivity index (χ4v) is 8.64. The zero-order valence-corrected chi connectivity index (χ0v) is 17.4. The Morgan fingerprint density at radius 3 is 2.81 bits per heavy atom. The Bertz CT molecular complexity index is 1190. The lowest BCUT2D eigenvalue weighted by atomic mass is 9.75. The summed E-state index contributed by atoms with van der Waals surface area (Å²) in [4.78, 5) is 2.33. The summed E-state index contributed by atoms with van der Waals surface area (Å²) in [5.74, 6) is 0.920. The van der Waals surface area contributed by atoms with Gasteiger partial charge in [0.1, 0.15) is 27.4 Å². The number of hydrogen-bond acceptors (Lipinski definition) is 3. The van der Waals surface area contributed by atoms with Crippen molar-refractivity contribution in [1.82, 2.24) is 4.58 Å². The molecule has 0 saturated carbocycles. The molecule has 0 spiro atoms. The summed E-state index contributed by atoms with van der Waals surface area (Å²) < 4.78 is 8.51. The molecule has 0 radical (unpaired) electrons. The van der Waals surface area contributed by atoms with Crippen LogP contribution < -0.4 is 35.9 Å². The maximum absolute atomic E-state index is 10.9. The zero-order chi connectivity index (χ0) is 18.7. The van der Waals surface area contributed by atoms with Crippen LogP contribution in [0.4, 0.5) is 5.69 Å². The second-order valence-electron chi connectivity index (χ2n) is 9.00. The quantitative estimate of drug-likeness (QED) is 0.444. The van der Waals surface area contributed by atoms with Gasteiger partial charge in [0.25, 0.3) is 0 Å². The van der Waals surface area contributed by atoms with Crippen molar-refractivity contribution in [3.63, 3.8) is 0 Å². The summed E-state index contributed by atoms with van der Waals surface area (Å²) in [5.41, 5.74) is 6.24. The summed E-state index contributed by atoms with van der Waals surface area (Å²) in [6.45, 7) is 6.99. The van der Waals surface area contributed by atoms with Crippen LogP contribution in [0.15, 0.2) is 18.2 Å². The molecule has 6 rings (SSSR count). The number of fused-ring (bicyclic) bond motifs is 4. The minimum absolute atomic E-state index is 0.832. The first-order chi connectivity index (χ1) is 12.9. The molecule has 2 aromatic rings. The molecule has 1 N–H and O–H groups in total. The Hall–Kier alpha value is -2.05. The molecule has 0 unspecified atom stereocenters. The lowest BCUT2D eigenvalue weighted by molar-refractivity contribution is 0.415. The van der Waals surface area contributed by atoms with E-state index in [9.17, 15) is 5.02 Å². The molecule has 6 heteroatoms. The fraction of sp³-hybridized carbons (Fsp3) is 0.381. The third-order valence-electron chi connectivity index (χ3n) is 7.20. The highest BCUT2D eigenvalue weighted by Gasteiger charge is 2.47. The first kappa shape index (κ1) is 16.0. The van der Waals surface area contributed by atoms with Gasteiger partial charge in [-0.3, -0.25) is 0 Å². The summed E-state index contributed by atoms with van der Waals surface area (Å²) in [7, 11) is 1.61. The van der Waals surface area contributed by atoms with Gasteiger partial charge in [-0.2, -0.15) is 0 Å². The SMILES string of the molecule is CN1CCc2c1cc1c3c2B(O)OC3=c2cc3c(cc2[Si]1(C)C)=[N+](C)CC3. The third-order valence-corrected chi connectivity index (χ3v) is 10.7. The topological polar surface area (TPSA) is 35.7 Å². The average Bonchev–Trinajstić information content (AvgIpc) is 3.29. The Morgan fingerprint density at radius 2 is 2.00 bits per heavy atom. The van der Waals surface area contributed by atoms with E-state index >= 15 is 0 Å². The summed E-state index contributed by atoms with van der Waals surface area (Å²) in [6, 6.07) is 7.18. The molecule has 4 aliphatic rings. The van der Waals surface area contributed by atoms with Crippen molar-refractivity contribution >= 4 is 42.5 Å². The molecule has 0 bridgehead atoms. The van der Waals surface area contributed by atoms with Gasteiger partial charge in [0, 0.05) is 53.6 Å². The zero-order valence-electron chi connectivity index (χ0n) is 16.4. The van der Waals surface area contributed by atoms with Crippen molar-refractivity contribution < 1.29 is 9.68 Å². The van der Waals surface area contributed by atoms with Gasteiger partial charge in [-0.25, -0.2) is 4.58 Å². The highest BCUT2D eigenvalue weighted by molar-refractivity contribution is 7.01. The summed E-state index contributed by atoms with van der Waals surface area (Å²) in [5, 5.41) is 16.3. The van der Waals surface area contributed by atoms with Crippen LogP contribution in [-0.4, -0.2) is 47.4 Å². The maximum atomic E-state index is 10.9. The monoisotopic (exact) mass is 375 g/mol. The van der Waals surface area contributed by atoms with Crippen LogP contribution in [-0.2, 0) is 17.5 Å². The molecule has 4 nitrogen and oxygen atoms in total. The number of nitrogens with zero attached hydrogens (tertiary/aromatic N) is 2. The van der Waals surface area contributed by atoms with Gasteiger partial charge in [0.2, 0.25) is 5.36 Å². The van der Waals surface area contributed by atoms with E-state index in [-0.39, 0.29) is 0 Å². The molecule has 0 saturated heterocycles. The smallest absolute Gasteiger partial charge is 0.531 e. The summed E-state index contributed by atoms with van der Waals surface area (Å²) >= 11 is 0. The van der Waals surface area contributed by atoms with Crippen LogP contribution >= 0.6 is 0 Å². The van der Waals surface area contributed by atoms with Gasteiger partial charge in [-0.05, 0) is 34.5 Å². The van der Waals surface area contributed by atoms with Crippen LogP contribution in [0.25, 0.3) is 5.76 Å². The van der Waals surface area contributed by atoms with E-state index in [2.05, 4.69) is 54.9 Å². The van der Waals surface area contributed by atoms with Crippen LogP contribution in [0, 0.1) is 0 Å². The maximum Gasteiger partial charge on any atom is 0.561 e. The van der Waals surface area contributed by atoms with Crippen LogP contribution in [0.1, 0.15) is 16.7 Å². The van der Waals surface area contributed by atoms with E-state index in [0.717, 1.165) is 37.2 Å². The van der Waals surface area contributed by atoms with Crippen molar-refractivity contribution in [2.24, 2.45) is 0 Å². The minimum atomic E-state index is -1.90. The predicted molar refractivity (Wildman–Crippen MR) is 113 cm³/mol. The van der Waals surface area contributed by atoms with Crippen molar-refractivity contribution in [1.29, 1.82) is 0 Å². The second-order valence-corrected chi connectivity index (χ2v) is 13.3. The number of hydrogen-bond donors (Lipinski definition) is 1. The highest BCUT2D eigenvalue weighted by Crippen LogP contribution is 2.33. The number of benzene rings is 2. The first-order valence-corrected chi connectivity index (χ1v) is 12.9. The van der Waals surface area contributed by atoms with Crippen molar-refractivity contribution in [2.75, 3.05) is 32.1 Å². The Kier molecular flexibility index (Phi) is 2.87. The first-order valence-electron chi connectivity index (χ1n) is 9.90. The summed E-state index contributed by atoms with van der Waals surface area (Å²) in [6.07, 6.45) is 2.08. The van der Waals surface area contributed by atoms with Gasteiger partial charge < -0.3 is 14.6 Å². The van der Waals surface area contributed by atoms with Crippen LogP contribution in [0.3, 0.4) is 0 Å². The van der Waals surface area contributed by atoms with Crippen LogP contribution in [0.5, 0.6) is 0 Å². The molecule has 0 amide bonds. The molecule has 0 aromatic heterocycles. The Morgan fingerprint density at radius 1 is 1.19 bits per heavy atom. The predicted octanol–water partition coefficient (Wildman–Crippen LogP) is -1.63. The lowest BCUT2D eigenvalue weighted by Gasteiger charge is -2.32. The van der Waals surface area contributed by atoms with E-state index in [1.54, 1.807) is 0 Å². The van der Waals surface area contributed by atoms with E-state index in [4.69, 9.17) is 4.65 Å². The molecule has 2 aromatic carbocycles. The second kappa shape index (κ2) is 4.86. The normalized spacial score (nSPS) is 20.5. The molecule has 0 atom stereocenters. The largest absolute Gasteiger partial charge is 0.561 e. The molecular weight excluding hydrogens is 351 g/mol. The Labute approximate surface area is 160 Å². The van der Waals surface area contributed by atoms with Gasteiger partial charge in [-0.1, -0.05) is 13.1 Å². The molecule has 0 fully saturated rings. The molecule has 4 heterocycles. The number of likely N-dealkylation sites (N-methyl/N-ethyl adjacent to an activating group) is 2. The van der Waals surface area contributed by atoms with E-state index in [1.807, 2.05) is 0 Å². The van der Waals surface area contributed by atoms with Gasteiger partial charge in [-0.15, -0.1) is 0 Å². The highest BCUT2D eigenvalue weighted by atomic mass is 28.3. The third kappa shape index (κ3) is 1.81. The van der Waals surface area contributed by atoms with E-state index in [0.29, 0.717) is 0 Å². The number of anilines is 1. The molecule has 0 aliphatic carbocycles. The lowest BCUT2D eigenvalue weighted by Crippen LogP contribution is -2.64. The Balaban J connectivity index is 1.80. The van der Waals surface area contributed by atoms with Crippen molar-refractivity contribution in [2.45, 2.75) is 25.9 Å². The standard InChI is InChI=1S/C21H24BN2O2Si/c1-23-7-5-12-9-14-17(10-15(12)23)27(3,4)18-11-16-13(6-8-24(16)2)20-19(18)21(14)26-22(20)25/h9-11,25H,5-8H2,1-4H3/q+1. The minimum Gasteiger partial charge on any atom is -0.531 e. The molecule has 4 aliphatic heterocycles. The fourth-order valence-electron chi connectivity index (χ4n) is 5.62. The van der Waals surface area contributed by atoms with Gasteiger partial charge >= 0.3 is 7.12 Å². The van der Waals surface area contributed by atoms with E-state index < -0.39 is 15.2 Å².